The molecule has 116 valence electrons. The van der Waals surface area contributed by atoms with E-state index in [1.807, 2.05) is 11.8 Å². The first-order chi connectivity index (χ1) is 10.2. The minimum Gasteiger partial charge on any atom is -0.333 e. The maximum atomic E-state index is 4.63. The van der Waals surface area contributed by atoms with E-state index in [0.29, 0.717) is 6.04 Å². The van der Waals surface area contributed by atoms with E-state index in [1.54, 1.807) is 0 Å². The predicted octanol–water partition coefficient (Wildman–Crippen LogP) is 4.52. The molecule has 0 saturated heterocycles. The Bertz CT molecular complexity index is 550. The fourth-order valence-corrected chi connectivity index (χ4v) is 3.32. The summed E-state index contributed by atoms with van der Waals surface area (Å²) in [5, 5.41) is 4.66. The lowest BCUT2D eigenvalue weighted by Gasteiger charge is -2.15. The molecule has 1 heterocycles. The van der Waals surface area contributed by atoms with Gasteiger partial charge in [0.05, 0.1) is 11.0 Å². The van der Waals surface area contributed by atoms with Crippen molar-refractivity contribution in [1.29, 1.82) is 0 Å². The third kappa shape index (κ3) is 5.04. The Hall–Kier alpha value is -1.00. The van der Waals surface area contributed by atoms with Gasteiger partial charge in [0.15, 0.2) is 5.16 Å². The van der Waals surface area contributed by atoms with Crippen LogP contribution in [-0.4, -0.2) is 28.3 Å². The maximum Gasteiger partial charge on any atom is 0.166 e. The minimum absolute atomic E-state index is 0.670. The standard InChI is InChI=1S/C17H27N3S/c1-4-10-18-14(5-2)7-6-11-21-17-19-15-9-8-13(3)12-16(15)20-17/h8-9,12,14,18H,4-7,10-11H2,1-3H3,(H,19,20). The second-order valence-electron chi connectivity index (χ2n) is 5.61. The third-order valence-corrected chi connectivity index (χ3v) is 4.69. The summed E-state index contributed by atoms with van der Waals surface area (Å²) in [6.07, 6.45) is 4.91. The maximum absolute atomic E-state index is 4.63. The molecule has 2 N–H and O–H groups in total. The zero-order valence-corrected chi connectivity index (χ0v) is 14.2. The Balaban J connectivity index is 1.76. The Labute approximate surface area is 132 Å². The number of hydrogen-bond acceptors (Lipinski definition) is 3. The molecule has 3 nitrogen and oxygen atoms in total. The number of imidazole rings is 1. The largest absolute Gasteiger partial charge is 0.333 e. The van der Waals surface area contributed by atoms with E-state index in [0.717, 1.165) is 28.5 Å². The van der Waals surface area contributed by atoms with E-state index in [-0.39, 0.29) is 0 Å². The summed E-state index contributed by atoms with van der Waals surface area (Å²) in [6, 6.07) is 7.04. The van der Waals surface area contributed by atoms with E-state index in [1.165, 1.54) is 31.2 Å². The Kier molecular flexibility index (Phi) is 6.58. The number of aromatic nitrogens is 2. The van der Waals surface area contributed by atoms with Crippen LogP contribution in [0.15, 0.2) is 23.4 Å². The van der Waals surface area contributed by atoms with E-state index >= 15 is 0 Å². The number of nitrogens with one attached hydrogen (secondary N) is 2. The van der Waals surface area contributed by atoms with Crippen LogP contribution in [0.4, 0.5) is 0 Å². The molecule has 0 bridgehead atoms. The number of H-pyrrole nitrogens is 1. The van der Waals surface area contributed by atoms with Gasteiger partial charge in [-0.3, -0.25) is 0 Å². The van der Waals surface area contributed by atoms with Gasteiger partial charge >= 0.3 is 0 Å². The number of fused-ring (bicyclic) bond motifs is 1. The van der Waals surface area contributed by atoms with Gasteiger partial charge in [0.2, 0.25) is 0 Å². The fraction of sp³-hybridized carbons (Fsp3) is 0.588. The molecule has 0 saturated carbocycles. The minimum atomic E-state index is 0.670. The summed E-state index contributed by atoms with van der Waals surface area (Å²) in [7, 11) is 0. The molecule has 0 aliphatic heterocycles. The number of benzene rings is 1. The monoisotopic (exact) mass is 305 g/mol. The Morgan fingerprint density at radius 3 is 2.95 bits per heavy atom. The van der Waals surface area contributed by atoms with Crippen molar-refractivity contribution in [2.45, 2.75) is 57.7 Å². The van der Waals surface area contributed by atoms with Crippen molar-refractivity contribution >= 4 is 22.8 Å². The second-order valence-corrected chi connectivity index (χ2v) is 6.70. The van der Waals surface area contributed by atoms with Gasteiger partial charge in [-0.05, 0) is 56.8 Å². The van der Waals surface area contributed by atoms with Crippen LogP contribution in [0.5, 0.6) is 0 Å². The fourth-order valence-electron chi connectivity index (χ4n) is 2.47. The van der Waals surface area contributed by atoms with Crippen molar-refractivity contribution in [3.63, 3.8) is 0 Å². The number of aryl methyl sites for hydroxylation is 1. The highest BCUT2D eigenvalue weighted by Gasteiger charge is 2.06. The van der Waals surface area contributed by atoms with Crippen molar-refractivity contribution in [3.05, 3.63) is 23.8 Å². The molecule has 2 rings (SSSR count). The van der Waals surface area contributed by atoms with Crippen molar-refractivity contribution in [3.8, 4) is 0 Å². The molecule has 1 aromatic heterocycles. The van der Waals surface area contributed by atoms with E-state index in [9.17, 15) is 0 Å². The highest BCUT2D eigenvalue weighted by molar-refractivity contribution is 7.99. The van der Waals surface area contributed by atoms with Crippen LogP contribution in [0.25, 0.3) is 11.0 Å². The lowest BCUT2D eigenvalue weighted by Crippen LogP contribution is -2.29. The van der Waals surface area contributed by atoms with Gasteiger partial charge in [-0.2, -0.15) is 0 Å². The summed E-state index contributed by atoms with van der Waals surface area (Å²) < 4.78 is 0. The van der Waals surface area contributed by atoms with E-state index in [2.05, 4.69) is 54.3 Å². The molecule has 0 fully saturated rings. The second kappa shape index (κ2) is 8.44. The van der Waals surface area contributed by atoms with Crippen LogP contribution in [-0.2, 0) is 0 Å². The predicted molar refractivity (Wildman–Crippen MR) is 93.2 cm³/mol. The van der Waals surface area contributed by atoms with E-state index < -0.39 is 0 Å². The molecule has 0 aliphatic rings. The highest BCUT2D eigenvalue weighted by atomic mass is 32.2. The number of thioether (sulfide) groups is 1. The van der Waals surface area contributed by atoms with Crippen LogP contribution in [0, 0.1) is 6.92 Å². The zero-order chi connectivity index (χ0) is 15.1. The van der Waals surface area contributed by atoms with Crippen molar-refractivity contribution < 1.29 is 0 Å². The van der Waals surface area contributed by atoms with Gasteiger partial charge in [0, 0.05) is 11.8 Å². The van der Waals surface area contributed by atoms with Gasteiger partial charge < -0.3 is 10.3 Å². The molecule has 0 amide bonds. The molecule has 1 unspecified atom stereocenters. The number of nitrogens with zero attached hydrogens (tertiary/aromatic N) is 1. The average molecular weight is 305 g/mol. The SMILES string of the molecule is CCCNC(CC)CCCSc1nc2ccc(C)cc2[nH]1. The normalized spacial score (nSPS) is 12.9. The van der Waals surface area contributed by atoms with Gasteiger partial charge in [-0.15, -0.1) is 0 Å². The lowest BCUT2D eigenvalue weighted by atomic mass is 10.1. The van der Waals surface area contributed by atoms with Crippen molar-refractivity contribution in [2.24, 2.45) is 0 Å². The average Bonchev–Trinajstić information content (AvgIpc) is 2.88. The van der Waals surface area contributed by atoms with Crippen LogP contribution in [0.1, 0.15) is 45.1 Å². The summed E-state index contributed by atoms with van der Waals surface area (Å²) in [5.74, 6) is 1.13. The van der Waals surface area contributed by atoms with Crippen LogP contribution < -0.4 is 5.32 Å². The van der Waals surface area contributed by atoms with Crippen LogP contribution in [0.3, 0.4) is 0 Å². The Morgan fingerprint density at radius 1 is 1.33 bits per heavy atom. The first-order valence-electron chi connectivity index (χ1n) is 8.05. The number of aromatic amines is 1. The smallest absolute Gasteiger partial charge is 0.166 e. The lowest BCUT2D eigenvalue weighted by molar-refractivity contribution is 0.465. The molecular formula is C17H27N3S. The Morgan fingerprint density at radius 2 is 2.19 bits per heavy atom. The quantitative estimate of drug-likeness (QED) is 0.528. The molecule has 1 aromatic carbocycles. The summed E-state index contributed by atoms with van der Waals surface area (Å²) in [6.45, 7) is 7.73. The highest BCUT2D eigenvalue weighted by Crippen LogP contribution is 2.21. The first-order valence-corrected chi connectivity index (χ1v) is 9.04. The number of rotatable bonds is 9. The molecule has 2 aromatic rings. The summed E-state index contributed by atoms with van der Waals surface area (Å²) >= 11 is 1.83. The molecule has 4 heteroatoms. The molecular weight excluding hydrogens is 278 g/mol. The van der Waals surface area contributed by atoms with Gasteiger partial charge in [0.25, 0.3) is 0 Å². The molecule has 0 spiro atoms. The van der Waals surface area contributed by atoms with Crippen molar-refractivity contribution in [2.75, 3.05) is 12.3 Å². The van der Waals surface area contributed by atoms with E-state index in [4.69, 9.17) is 0 Å². The van der Waals surface area contributed by atoms with Gasteiger partial charge in [-0.1, -0.05) is 31.7 Å². The molecule has 0 radical (unpaired) electrons. The van der Waals surface area contributed by atoms with Gasteiger partial charge in [-0.25, -0.2) is 4.98 Å². The summed E-state index contributed by atoms with van der Waals surface area (Å²) in [5.41, 5.74) is 3.49. The van der Waals surface area contributed by atoms with Gasteiger partial charge in [0.1, 0.15) is 0 Å². The first kappa shape index (κ1) is 16.4. The zero-order valence-electron chi connectivity index (χ0n) is 13.4. The topological polar surface area (TPSA) is 40.7 Å². The third-order valence-electron chi connectivity index (χ3n) is 3.73. The van der Waals surface area contributed by atoms with Crippen LogP contribution in [0.2, 0.25) is 0 Å². The van der Waals surface area contributed by atoms with Crippen LogP contribution >= 0.6 is 11.8 Å². The summed E-state index contributed by atoms with van der Waals surface area (Å²) in [4.78, 5) is 8.04. The van der Waals surface area contributed by atoms with Crippen molar-refractivity contribution in [1.82, 2.24) is 15.3 Å². The molecule has 0 aliphatic carbocycles. The number of hydrogen-bond donors (Lipinski definition) is 2. The molecule has 1 atom stereocenters. The molecule has 21 heavy (non-hydrogen) atoms.